The lowest BCUT2D eigenvalue weighted by molar-refractivity contribution is 0.813. The van der Waals surface area contributed by atoms with Crippen molar-refractivity contribution in [1.82, 2.24) is 4.98 Å². The van der Waals surface area contributed by atoms with Crippen LogP contribution in [-0.4, -0.2) is 11.5 Å². The molecule has 0 radical (unpaired) electrons. The molecule has 2 rings (SSSR count). The number of nitrogen functional groups attached to an aromatic ring is 1. The van der Waals surface area contributed by atoms with Crippen LogP contribution in [-0.2, 0) is 6.54 Å². The monoisotopic (exact) mass is 252 g/mol. The van der Waals surface area contributed by atoms with Gasteiger partial charge in [-0.1, -0.05) is 18.2 Å². The van der Waals surface area contributed by atoms with E-state index in [0.717, 1.165) is 30.2 Å². The second-order valence-electron chi connectivity index (χ2n) is 4.25. The van der Waals surface area contributed by atoms with Crippen molar-refractivity contribution in [2.24, 2.45) is 0 Å². The number of pyridine rings is 1. The average Bonchev–Trinajstić information content (AvgIpc) is 2.45. The summed E-state index contributed by atoms with van der Waals surface area (Å²) in [6, 6.07) is 15.3. The molecule has 2 N–H and O–H groups in total. The number of nitrogens with two attached hydrogens (primary N) is 1. The van der Waals surface area contributed by atoms with Gasteiger partial charge in [0.2, 0.25) is 0 Å². The average molecular weight is 252 g/mol. The van der Waals surface area contributed by atoms with Crippen LogP contribution in [0.5, 0.6) is 0 Å². The summed E-state index contributed by atoms with van der Waals surface area (Å²) in [5.74, 6) is 0.809. The van der Waals surface area contributed by atoms with Crippen molar-refractivity contribution >= 4 is 11.5 Å². The molecule has 0 saturated heterocycles. The van der Waals surface area contributed by atoms with Gasteiger partial charge in [-0.2, -0.15) is 5.26 Å². The predicted octanol–water partition coefficient (Wildman–Crippen LogP) is 2.56. The van der Waals surface area contributed by atoms with Crippen molar-refractivity contribution < 1.29 is 0 Å². The lowest BCUT2D eigenvalue weighted by atomic mass is 10.2. The number of benzene rings is 1. The maximum atomic E-state index is 8.90. The van der Waals surface area contributed by atoms with Crippen LogP contribution in [0.2, 0.25) is 0 Å². The summed E-state index contributed by atoms with van der Waals surface area (Å²) < 4.78 is 0. The van der Waals surface area contributed by atoms with Gasteiger partial charge in [0.1, 0.15) is 17.6 Å². The number of rotatable bonds is 4. The number of hydrogen-bond donors (Lipinski definition) is 1. The van der Waals surface area contributed by atoms with Gasteiger partial charge in [-0.3, -0.25) is 0 Å². The predicted molar refractivity (Wildman–Crippen MR) is 76.5 cm³/mol. The largest absolute Gasteiger partial charge is 0.399 e. The van der Waals surface area contributed by atoms with E-state index >= 15 is 0 Å². The Morgan fingerprint density at radius 2 is 2.05 bits per heavy atom. The van der Waals surface area contributed by atoms with Gasteiger partial charge >= 0.3 is 0 Å². The highest BCUT2D eigenvalue weighted by Crippen LogP contribution is 2.16. The molecule has 1 aromatic heterocycles. The fourth-order valence-electron chi connectivity index (χ4n) is 1.93. The zero-order valence-corrected chi connectivity index (χ0v) is 10.9. The molecule has 1 aromatic carbocycles. The molecular formula is C15H16N4. The molecule has 19 heavy (non-hydrogen) atoms. The maximum absolute atomic E-state index is 8.90. The van der Waals surface area contributed by atoms with Gasteiger partial charge in [-0.05, 0) is 36.8 Å². The molecular weight excluding hydrogens is 236 g/mol. The normalized spacial score (nSPS) is 9.89. The van der Waals surface area contributed by atoms with Gasteiger partial charge in [-0.15, -0.1) is 0 Å². The molecule has 0 spiro atoms. The minimum Gasteiger partial charge on any atom is -0.399 e. The van der Waals surface area contributed by atoms with E-state index in [-0.39, 0.29) is 0 Å². The third-order valence-electron chi connectivity index (χ3n) is 2.88. The molecule has 0 aliphatic heterocycles. The Kier molecular flexibility index (Phi) is 3.99. The fraction of sp³-hybridized carbons (Fsp3) is 0.200. The Morgan fingerprint density at radius 1 is 1.26 bits per heavy atom. The van der Waals surface area contributed by atoms with Crippen molar-refractivity contribution in [1.29, 1.82) is 5.26 Å². The van der Waals surface area contributed by atoms with E-state index in [1.807, 2.05) is 36.4 Å². The summed E-state index contributed by atoms with van der Waals surface area (Å²) in [7, 11) is 0. The van der Waals surface area contributed by atoms with E-state index < -0.39 is 0 Å². The Balaban J connectivity index is 2.22. The molecule has 0 fully saturated rings. The standard InChI is InChI=1S/C15H16N4/c1-2-19(11-12-5-3-6-13(17)9-12)15-8-4-7-14(10-16)18-15/h3-9H,2,11,17H2,1H3. The highest BCUT2D eigenvalue weighted by molar-refractivity contribution is 5.45. The molecule has 1 heterocycles. The third kappa shape index (κ3) is 3.23. The van der Waals surface area contributed by atoms with Crippen LogP contribution in [0.1, 0.15) is 18.2 Å². The Hall–Kier alpha value is -2.54. The summed E-state index contributed by atoms with van der Waals surface area (Å²) in [5, 5.41) is 8.90. The maximum Gasteiger partial charge on any atom is 0.142 e. The van der Waals surface area contributed by atoms with E-state index in [4.69, 9.17) is 11.0 Å². The minimum atomic E-state index is 0.434. The number of hydrogen-bond acceptors (Lipinski definition) is 4. The van der Waals surface area contributed by atoms with Gasteiger partial charge in [0.05, 0.1) is 0 Å². The number of nitrogens with zero attached hydrogens (tertiary/aromatic N) is 3. The second kappa shape index (κ2) is 5.87. The lowest BCUT2D eigenvalue weighted by Crippen LogP contribution is -2.23. The van der Waals surface area contributed by atoms with E-state index in [1.165, 1.54) is 0 Å². The van der Waals surface area contributed by atoms with Crippen molar-refractivity contribution in [2.45, 2.75) is 13.5 Å². The molecule has 0 aliphatic rings. The first-order chi connectivity index (χ1) is 9.22. The fourth-order valence-corrected chi connectivity index (χ4v) is 1.93. The van der Waals surface area contributed by atoms with E-state index in [9.17, 15) is 0 Å². The van der Waals surface area contributed by atoms with Crippen LogP contribution in [0.4, 0.5) is 11.5 Å². The molecule has 2 aromatic rings. The van der Waals surface area contributed by atoms with Gasteiger partial charge < -0.3 is 10.6 Å². The number of anilines is 2. The van der Waals surface area contributed by atoms with Crippen LogP contribution in [0, 0.1) is 11.3 Å². The second-order valence-corrected chi connectivity index (χ2v) is 4.25. The quantitative estimate of drug-likeness (QED) is 0.849. The molecule has 0 saturated carbocycles. The van der Waals surface area contributed by atoms with Gasteiger partial charge in [-0.25, -0.2) is 4.98 Å². The zero-order valence-electron chi connectivity index (χ0n) is 10.9. The molecule has 96 valence electrons. The van der Waals surface area contributed by atoms with Gasteiger partial charge in [0.25, 0.3) is 0 Å². The topological polar surface area (TPSA) is 65.9 Å². The molecule has 0 amide bonds. The van der Waals surface area contributed by atoms with Crippen LogP contribution in [0.15, 0.2) is 42.5 Å². The van der Waals surface area contributed by atoms with Crippen LogP contribution in [0.3, 0.4) is 0 Å². The van der Waals surface area contributed by atoms with Gasteiger partial charge in [0.15, 0.2) is 0 Å². The molecule has 0 unspecified atom stereocenters. The number of aromatic nitrogens is 1. The molecule has 4 nitrogen and oxygen atoms in total. The summed E-state index contributed by atoms with van der Waals surface area (Å²) >= 11 is 0. The molecule has 4 heteroatoms. The first-order valence-corrected chi connectivity index (χ1v) is 6.19. The van der Waals surface area contributed by atoms with Crippen LogP contribution in [0.25, 0.3) is 0 Å². The van der Waals surface area contributed by atoms with Crippen molar-refractivity contribution in [2.75, 3.05) is 17.2 Å². The van der Waals surface area contributed by atoms with Gasteiger partial charge in [0, 0.05) is 18.8 Å². The van der Waals surface area contributed by atoms with Crippen molar-refractivity contribution in [3.63, 3.8) is 0 Å². The van der Waals surface area contributed by atoms with Crippen molar-refractivity contribution in [3.8, 4) is 6.07 Å². The Morgan fingerprint density at radius 3 is 2.74 bits per heavy atom. The molecule has 0 bridgehead atoms. The van der Waals surface area contributed by atoms with E-state index in [0.29, 0.717) is 5.69 Å². The minimum absolute atomic E-state index is 0.434. The highest BCUT2D eigenvalue weighted by Gasteiger charge is 2.07. The lowest BCUT2D eigenvalue weighted by Gasteiger charge is -2.22. The summed E-state index contributed by atoms with van der Waals surface area (Å²) in [6.07, 6.45) is 0. The molecule has 0 atom stereocenters. The number of nitriles is 1. The third-order valence-corrected chi connectivity index (χ3v) is 2.88. The Labute approximate surface area is 113 Å². The first kappa shape index (κ1) is 12.9. The summed E-state index contributed by atoms with van der Waals surface area (Å²) in [4.78, 5) is 6.42. The van der Waals surface area contributed by atoms with Crippen LogP contribution >= 0.6 is 0 Å². The smallest absolute Gasteiger partial charge is 0.142 e. The summed E-state index contributed by atoms with van der Waals surface area (Å²) in [6.45, 7) is 3.60. The van der Waals surface area contributed by atoms with E-state index in [1.54, 1.807) is 6.07 Å². The molecule has 0 aliphatic carbocycles. The summed E-state index contributed by atoms with van der Waals surface area (Å²) in [5.41, 5.74) is 8.10. The SMILES string of the molecule is CCN(Cc1cccc(N)c1)c1cccc(C#N)n1. The first-order valence-electron chi connectivity index (χ1n) is 6.19. The van der Waals surface area contributed by atoms with Crippen LogP contribution < -0.4 is 10.6 Å². The van der Waals surface area contributed by atoms with Crippen molar-refractivity contribution in [3.05, 3.63) is 53.7 Å². The van der Waals surface area contributed by atoms with E-state index in [2.05, 4.69) is 22.9 Å². The zero-order chi connectivity index (χ0) is 13.7. The highest BCUT2D eigenvalue weighted by atomic mass is 15.2. The Bertz CT molecular complexity index is 601.